The van der Waals surface area contributed by atoms with Crippen LogP contribution in [-0.4, -0.2) is 24.6 Å². The van der Waals surface area contributed by atoms with Gasteiger partial charge in [-0.15, -0.1) is 6.42 Å². The van der Waals surface area contributed by atoms with Crippen molar-refractivity contribution >= 4 is 5.91 Å². The van der Waals surface area contributed by atoms with E-state index < -0.39 is 6.10 Å². The van der Waals surface area contributed by atoms with Gasteiger partial charge < -0.3 is 15.8 Å². The molecule has 0 saturated heterocycles. The van der Waals surface area contributed by atoms with Crippen LogP contribution in [0, 0.1) is 18.2 Å². The van der Waals surface area contributed by atoms with Crippen molar-refractivity contribution in [3.05, 3.63) is 29.6 Å². The number of ether oxygens (including phenoxy) is 1. The molecule has 3 N–H and O–H groups in total. The number of nitrogens with one attached hydrogen (secondary N) is 1. The smallest absolute Gasteiger partial charge is 0.261 e. The summed E-state index contributed by atoms with van der Waals surface area (Å²) in [5.41, 5.74) is 6.36. The van der Waals surface area contributed by atoms with Gasteiger partial charge in [-0.05, 0) is 44.0 Å². The van der Waals surface area contributed by atoms with Gasteiger partial charge in [-0.25, -0.2) is 4.39 Å². The van der Waals surface area contributed by atoms with Gasteiger partial charge in [0.05, 0.1) is 6.54 Å². The van der Waals surface area contributed by atoms with Gasteiger partial charge in [0.2, 0.25) is 0 Å². The molecule has 0 aliphatic rings. The molecule has 0 saturated carbocycles. The van der Waals surface area contributed by atoms with Crippen LogP contribution in [0.1, 0.15) is 19.4 Å². The fourth-order valence-electron chi connectivity index (χ4n) is 1.70. The molecular weight excluding hydrogens is 259 g/mol. The first-order chi connectivity index (χ1) is 9.43. The van der Waals surface area contributed by atoms with Crippen molar-refractivity contribution in [2.75, 3.05) is 6.54 Å². The third-order valence-corrected chi connectivity index (χ3v) is 2.60. The third kappa shape index (κ3) is 4.90. The number of nitrogens with two attached hydrogens (primary N) is 1. The Bertz CT molecular complexity index is 509. The number of hydrogen-bond donors (Lipinski definition) is 2. The van der Waals surface area contributed by atoms with E-state index in [-0.39, 0.29) is 24.3 Å². The lowest BCUT2D eigenvalue weighted by atomic mass is 10.1. The van der Waals surface area contributed by atoms with E-state index >= 15 is 0 Å². The Kier molecular flexibility index (Phi) is 6.01. The lowest BCUT2D eigenvalue weighted by Gasteiger charge is -2.17. The highest BCUT2D eigenvalue weighted by Crippen LogP contribution is 2.22. The van der Waals surface area contributed by atoms with Crippen molar-refractivity contribution in [2.45, 2.75) is 32.4 Å². The Hall–Kier alpha value is -2.06. The average Bonchev–Trinajstić information content (AvgIpc) is 2.38. The fraction of sp³-hybridized carbons (Fsp3) is 0.400. The van der Waals surface area contributed by atoms with Crippen LogP contribution in [0.2, 0.25) is 0 Å². The quantitative estimate of drug-likeness (QED) is 0.769. The predicted octanol–water partition coefficient (Wildman–Crippen LogP) is 1.23. The molecule has 0 aliphatic heterocycles. The van der Waals surface area contributed by atoms with E-state index in [1.165, 1.54) is 18.2 Å². The van der Waals surface area contributed by atoms with Gasteiger partial charge in [0.25, 0.3) is 5.91 Å². The molecular formula is C15H19FN2O2. The highest BCUT2D eigenvalue weighted by Gasteiger charge is 2.16. The molecule has 0 radical (unpaired) electrons. The number of hydrogen-bond acceptors (Lipinski definition) is 3. The first kappa shape index (κ1) is 16.0. The first-order valence-corrected chi connectivity index (χ1v) is 6.36. The molecule has 1 amide bonds. The molecule has 0 aromatic heterocycles. The summed E-state index contributed by atoms with van der Waals surface area (Å²) in [7, 11) is 0. The zero-order valence-electron chi connectivity index (χ0n) is 11.7. The summed E-state index contributed by atoms with van der Waals surface area (Å²) in [5.74, 6) is 2.08. The van der Waals surface area contributed by atoms with Crippen LogP contribution in [0.5, 0.6) is 5.75 Å². The summed E-state index contributed by atoms with van der Waals surface area (Å²) < 4.78 is 18.8. The highest BCUT2D eigenvalue weighted by molar-refractivity contribution is 5.80. The maximum absolute atomic E-state index is 13.3. The summed E-state index contributed by atoms with van der Waals surface area (Å²) in [6.07, 6.45) is 4.81. The second kappa shape index (κ2) is 7.51. The zero-order chi connectivity index (χ0) is 15.1. The van der Waals surface area contributed by atoms with E-state index in [1.807, 2.05) is 6.92 Å². The van der Waals surface area contributed by atoms with Crippen LogP contribution in [0.3, 0.4) is 0 Å². The lowest BCUT2D eigenvalue weighted by molar-refractivity contribution is -0.127. The number of rotatable bonds is 6. The van der Waals surface area contributed by atoms with E-state index in [0.717, 1.165) is 0 Å². The molecule has 0 fully saturated rings. The van der Waals surface area contributed by atoms with Gasteiger partial charge in [-0.1, -0.05) is 5.92 Å². The average molecular weight is 278 g/mol. The molecule has 5 heteroatoms. The van der Waals surface area contributed by atoms with E-state index in [1.54, 1.807) is 6.92 Å². The van der Waals surface area contributed by atoms with Crippen LogP contribution >= 0.6 is 0 Å². The Morgan fingerprint density at radius 3 is 2.85 bits per heavy atom. The standard InChI is InChI=1S/C15H19FN2O2/c1-4-7-18-15(19)11(3)20-14-6-5-13(16)9-12(14)8-10(2)17/h1,5-6,9-11H,7-8,17H2,2-3H3,(H,18,19). The third-order valence-electron chi connectivity index (χ3n) is 2.60. The van der Waals surface area contributed by atoms with Crippen LogP contribution in [0.25, 0.3) is 0 Å². The second-order valence-corrected chi connectivity index (χ2v) is 4.62. The monoisotopic (exact) mass is 278 g/mol. The van der Waals surface area contributed by atoms with Gasteiger partial charge >= 0.3 is 0 Å². The van der Waals surface area contributed by atoms with Gasteiger partial charge in [-0.2, -0.15) is 0 Å². The van der Waals surface area contributed by atoms with Crippen molar-refractivity contribution in [3.8, 4) is 18.1 Å². The summed E-state index contributed by atoms with van der Waals surface area (Å²) in [5, 5.41) is 2.53. The molecule has 20 heavy (non-hydrogen) atoms. The van der Waals surface area contributed by atoms with Crippen LogP contribution in [-0.2, 0) is 11.2 Å². The maximum Gasteiger partial charge on any atom is 0.261 e. The molecule has 0 spiro atoms. The molecule has 2 atom stereocenters. The number of benzene rings is 1. The molecule has 1 rings (SSSR count). The van der Waals surface area contributed by atoms with Crippen LogP contribution < -0.4 is 15.8 Å². The Morgan fingerprint density at radius 1 is 1.55 bits per heavy atom. The van der Waals surface area contributed by atoms with E-state index in [9.17, 15) is 9.18 Å². The topological polar surface area (TPSA) is 64.3 Å². The minimum atomic E-state index is -0.722. The van der Waals surface area contributed by atoms with Crippen LogP contribution in [0.15, 0.2) is 18.2 Å². The fourth-order valence-corrected chi connectivity index (χ4v) is 1.70. The SMILES string of the molecule is C#CCNC(=O)C(C)Oc1ccc(F)cc1CC(C)N. The van der Waals surface area contributed by atoms with Crippen molar-refractivity contribution in [3.63, 3.8) is 0 Å². The Labute approximate surface area is 118 Å². The number of halogens is 1. The molecule has 2 unspecified atom stereocenters. The molecule has 0 aliphatic carbocycles. The minimum Gasteiger partial charge on any atom is -0.481 e. The maximum atomic E-state index is 13.3. The molecule has 4 nitrogen and oxygen atoms in total. The second-order valence-electron chi connectivity index (χ2n) is 4.62. The molecule has 1 aromatic carbocycles. The molecule has 1 aromatic rings. The van der Waals surface area contributed by atoms with E-state index in [0.29, 0.717) is 17.7 Å². The van der Waals surface area contributed by atoms with Crippen molar-refractivity contribution in [2.24, 2.45) is 5.73 Å². The predicted molar refractivity (Wildman–Crippen MR) is 75.7 cm³/mol. The van der Waals surface area contributed by atoms with Crippen molar-refractivity contribution in [1.29, 1.82) is 0 Å². The van der Waals surface area contributed by atoms with E-state index in [2.05, 4.69) is 11.2 Å². The van der Waals surface area contributed by atoms with Gasteiger partial charge in [-0.3, -0.25) is 4.79 Å². The van der Waals surface area contributed by atoms with Gasteiger partial charge in [0.15, 0.2) is 6.10 Å². The lowest BCUT2D eigenvalue weighted by Crippen LogP contribution is -2.36. The minimum absolute atomic E-state index is 0.135. The zero-order valence-corrected chi connectivity index (χ0v) is 11.7. The molecule has 0 bridgehead atoms. The Morgan fingerprint density at radius 2 is 2.25 bits per heavy atom. The number of carbonyl (C=O) groups excluding carboxylic acids is 1. The summed E-state index contributed by atoms with van der Waals surface area (Å²) in [6.45, 7) is 3.56. The summed E-state index contributed by atoms with van der Waals surface area (Å²) >= 11 is 0. The number of terminal acetylenes is 1. The Balaban J connectivity index is 2.80. The van der Waals surface area contributed by atoms with Crippen LogP contribution in [0.4, 0.5) is 4.39 Å². The molecule has 0 heterocycles. The van der Waals surface area contributed by atoms with Crippen molar-refractivity contribution < 1.29 is 13.9 Å². The molecule has 108 valence electrons. The van der Waals surface area contributed by atoms with E-state index in [4.69, 9.17) is 16.9 Å². The van der Waals surface area contributed by atoms with Crippen molar-refractivity contribution in [1.82, 2.24) is 5.32 Å². The summed E-state index contributed by atoms with van der Waals surface area (Å²) in [4.78, 5) is 11.7. The number of carbonyl (C=O) groups is 1. The highest BCUT2D eigenvalue weighted by atomic mass is 19.1. The normalized spacial score (nSPS) is 13.2. The largest absolute Gasteiger partial charge is 0.481 e. The summed E-state index contributed by atoms with van der Waals surface area (Å²) in [6, 6.07) is 4.01. The number of amides is 1. The van der Waals surface area contributed by atoms with Gasteiger partial charge in [0, 0.05) is 6.04 Å². The van der Waals surface area contributed by atoms with Gasteiger partial charge in [0.1, 0.15) is 11.6 Å². The first-order valence-electron chi connectivity index (χ1n) is 6.36.